The molecule has 0 saturated carbocycles. The maximum Gasteiger partial charge on any atom is 0.245 e. The van der Waals surface area contributed by atoms with Crippen LogP contribution in [0.3, 0.4) is 0 Å². The number of benzene rings is 1. The first kappa shape index (κ1) is 15.5. The third-order valence-electron chi connectivity index (χ3n) is 3.86. The van der Waals surface area contributed by atoms with Crippen LogP contribution in [0.5, 0.6) is 0 Å². The van der Waals surface area contributed by atoms with Crippen molar-refractivity contribution in [2.24, 2.45) is 0 Å². The molecule has 0 bridgehead atoms. The van der Waals surface area contributed by atoms with E-state index in [1.165, 1.54) is 0 Å². The van der Waals surface area contributed by atoms with Crippen LogP contribution < -0.4 is 5.32 Å². The smallest absolute Gasteiger partial charge is 0.245 e. The number of aryl methyl sites for hydroxylation is 1. The summed E-state index contributed by atoms with van der Waals surface area (Å²) in [4.78, 5) is 12.1. The Kier molecular flexibility index (Phi) is 3.79. The molecule has 1 aromatic heterocycles. The Balaban J connectivity index is 1.97. The highest BCUT2D eigenvalue weighted by Gasteiger charge is 2.43. The number of nitrogens with zero attached hydrogens (tertiary/aromatic N) is 3. The minimum absolute atomic E-state index is 0.114. The number of fused-ring (bicyclic) bond motifs is 1. The Hall–Kier alpha value is -2.44. The largest absolute Gasteiger partial charge is 0.342 e. The van der Waals surface area contributed by atoms with E-state index in [4.69, 9.17) is 5.26 Å². The Morgan fingerprint density at radius 1 is 1.57 bits per heavy atom. The Labute approximate surface area is 133 Å². The zero-order valence-corrected chi connectivity index (χ0v) is 13.2. The summed E-state index contributed by atoms with van der Waals surface area (Å²) >= 11 is 0. The van der Waals surface area contributed by atoms with E-state index >= 15 is 0 Å². The summed E-state index contributed by atoms with van der Waals surface area (Å²) in [6, 6.07) is 4.44. The van der Waals surface area contributed by atoms with E-state index in [1.807, 2.05) is 6.07 Å². The first-order chi connectivity index (χ1) is 10.9. The molecule has 1 atom stereocenters. The molecule has 3 rings (SSSR count). The van der Waals surface area contributed by atoms with E-state index in [1.54, 1.807) is 25.3 Å². The molecule has 8 nitrogen and oxygen atoms in total. The minimum Gasteiger partial charge on any atom is -0.342 e. The van der Waals surface area contributed by atoms with E-state index < -0.39 is 22.0 Å². The van der Waals surface area contributed by atoms with E-state index in [0.29, 0.717) is 17.3 Å². The molecule has 2 heterocycles. The quantitative estimate of drug-likeness (QED) is 0.779. The molecule has 2 aromatic rings. The fourth-order valence-corrected chi connectivity index (χ4v) is 4.55. The van der Waals surface area contributed by atoms with Crippen LogP contribution in [-0.4, -0.2) is 48.0 Å². The molecule has 1 aromatic carbocycles. The van der Waals surface area contributed by atoms with Crippen LogP contribution in [0, 0.1) is 18.3 Å². The van der Waals surface area contributed by atoms with Crippen LogP contribution in [0.25, 0.3) is 10.9 Å². The summed E-state index contributed by atoms with van der Waals surface area (Å²) in [5.74, 6) is -0.449. The molecule has 1 aliphatic rings. The van der Waals surface area contributed by atoms with Crippen LogP contribution in [0.2, 0.25) is 0 Å². The fourth-order valence-electron chi connectivity index (χ4n) is 2.66. The number of aromatic amines is 1. The monoisotopic (exact) mass is 333 g/mol. The minimum atomic E-state index is -3.82. The van der Waals surface area contributed by atoms with Crippen LogP contribution >= 0.6 is 0 Å². The number of hydrogen-bond donors (Lipinski definition) is 2. The highest BCUT2D eigenvalue weighted by Crippen LogP contribution is 2.31. The predicted molar refractivity (Wildman–Crippen MR) is 81.8 cm³/mol. The number of amides is 1. The number of hydrogen-bond acceptors (Lipinski definition) is 5. The van der Waals surface area contributed by atoms with Crippen molar-refractivity contribution in [2.75, 3.05) is 13.1 Å². The van der Waals surface area contributed by atoms with E-state index in [-0.39, 0.29) is 18.0 Å². The number of rotatable bonds is 4. The number of nitriles is 1. The Morgan fingerprint density at radius 3 is 3.00 bits per heavy atom. The van der Waals surface area contributed by atoms with Gasteiger partial charge in [-0.1, -0.05) is 0 Å². The van der Waals surface area contributed by atoms with Crippen molar-refractivity contribution in [3.63, 3.8) is 0 Å². The average molecular weight is 333 g/mol. The standard InChI is InChI=1S/C14H15N5O3S/c1-9-6-10-8-17-18-13(10)12(7-9)23(21,22)19-5-2-11(19)14(20)16-4-3-15/h6-8,11H,2,4-5H2,1H3,(H,16,20)(H,17,18)/t11-/m0/s1. The van der Waals surface area contributed by atoms with Crippen LogP contribution in [0.4, 0.5) is 0 Å². The van der Waals surface area contributed by atoms with Gasteiger partial charge >= 0.3 is 0 Å². The van der Waals surface area contributed by atoms with Crippen molar-refractivity contribution in [3.8, 4) is 6.07 Å². The van der Waals surface area contributed by atoms with Gasteiger partial charge in [-0.3, -0.25) is 9.89 Å². The predicted octanol–water partition coefficient (Wildman–Crippen LogP) is 0.274. The van der Waals surface area contributed by atoms with E-state index in [0.717, 1.165) is 9.87 Å². The van der Waals surface area contributed by atoms with Crippen molar-refractivity contribution in [2.45, 2.75) is 24.3 Å². The summed E-state index contributed by atoms with van der Waals surface area (Å²) < 4.78 is 27.0. The first-order valence-corrected chi connectivity index (χ1v) is 8.49. The van der Waals surface area contributed by atoms with E-state index in [9.17, 15) is 13.2 Å². The maximum atomic E-state index is 12.9. The summed E-state index contributed by atoms with van der Waals surface area (Å²) in [7, 11) is -3.82. The van der Waals surface area contributed by atoms with Crippen LogP contribution in [-0.2, 0) is 14.8 Å². The van der Waals surface area contributed by atoms with Crippen LogP contribution in [0.1, 0.15) is 12.0 Å². The molecule has 9 heteroatoms. The fraction of sp³-hybridized carbons (Fsp3) is 0.357. The Bertz CT molecular complexity index is 912. The second kappa shape index (κ2) is 5.64. The zero-order valence-electron chi connectivity index (χ0n) is 12.4. The van der Waals surface area contributed by atoms with Gasteiger partial charge in [-0.05, 0) is 31.0 Å². The molecule has 1 amide bonds. The summed E-state index contributed by atoms with van der Waals surface area (Å²) in [5, 5.41) is 18.2. The second-order valence-corrected chi connectivity index (χ2v) is 7.25. The SMILES string of the molecule is Cc1cc(S(=O)(=O)N2CC[C@H]2C(=O)NCC#N)c2[nH]ncc2c1. The van der Waals surface area contributed by atoms with Gasteiger partial charge in [0.2, 0.25) is 15.9 Å². The third-order valence-corrected chi connectivity index (χ3v) is 5.79. The van der Waals surface area contributed by atoms with Gasteiger partial charge < -0.3 is 5.32 Å². The lowest BCUT2D eigenvalue weighted by Crippen LogP contribution is -2.58. The number of carbonyl (C=O) groups excluding carboxylic acids is 1. The Morgan fingerprint density at radius 2 is 2.35 bits per heavy atom. The molecular weight excluding hydrogens is 318 g/mol. The molecule has 0 aliphatic carbocycles. The van der Waals surface area contributed by atoms with Crippen molar-refractivity contribution >= 4 is 26.8 Å². The molecule has 0 spiro atoms. The summed E-state index contributed by atoms with van der Waals surface area (Å²) in [5.41, 5.74) is 1.22. The highest BCUT2D eigenvalue weighted by atomic mass is 32.2. The highest BCUT2D eigenvalue weighted by molar-refractivity contribution is 7.89. The average Bonchev–Trinajstić information content (AvgIpc) is 2.90. The van der Waals surface area contributed by atoms with Crippen molar-refractivity contribution in [3.05, 3.63) is 23.9 Å². The molecule has 120 valence electrons. The van der Waals surface area contributed by atoms with Crippen molar-refractivity contribution in [1.29, 1.82) is 5.26 Å². The number of carbonyl (C=O) groups is 1. The lowest BCUT2D eigenvalue weighted by Gasteiger charge is -2.38. The molecule has 0 unspecified atom stereocenters. The van der Waals surface area contributed by atoms with Crippen molar-refractivity contribution < 1.29 is 13.2 Å². The van der Waals surface area contributed by atoms with Gasteiger partial charge in [0.05, 0.1) is 17.8 Å². The molecule has 1 aliphatic heterocycles. The lowest BCUT2D eigenvalue weighted by molar-refractivity contribution is -0.127. The van der Waals surface area contributed by atoms with Gasteiger partial charge in [0.25, 0.3) is 0 Å². The number of nitrogens with one attached hydrogen (secondary N) is 2. The number of aromatic nitrogens is 2. The van der Waals surface area contributed by atoms with E-state index in [2.05, 4.69) is 15.5 Å². The van der Waals surface area contributed by atoms with Gasteiger partial charge in [-0.25, -0.2) is 8.42 Å². The number of H-pyrrole nitrogens is 1. The number of sulfonamides is 1. The van der Waals surface area contributed by atoms with Gasteiger partial charge in [0, 0.05) is 11.9 Å². The third kappa shape index (κ3) is 2.56. The van der Waals surface area contributed by atoms with Gasteiger partial charge in [-0.2, -0.15) is 14.7 Å². The second-order valence-electron chi connectivity index (χ2n) is 5.39. The summed E-state index contributed by atoms with van der Waals surface area (Å²) in [6.07, 6.45) is 2.00. The molecule has 0 radical (unpaired) electrons. The molecule has 23 heavy (non-hydrogen) atoms. The van der Waals surface area contributed by atoms with Crippen molar-refractivity contribution in [1.82, 2.24) is 19.8 Å². The topological polar surface area (TPSA) is 119 Å². The lowest BCUT2D eigenvalue weighted by atomic mass is 10.1. The maximum absolute atomic E-state index is 12.9. The molecule has 2 N–H and O–H groups in total. The van der Waals surface area contributed by atoms with Gasteiger partial charge in [0.1, 0.15) is 17.5 Å². The zero-order chi connectivity index (χ0) is 16.6. The van der Waals surface area contributed by atoms with Crippen LogP contribution in [0.15, 0.2) is 23.2 Å². The first-order valence-electron chi connectivity index (χ1n) is 7.05. The normalized spacial score (nSPS) is 18.3. The summed E-state index contributed by atoms with van der Waals surface area (Å²) in [6.45, 7) is 1.94. The van der Waals surface area contributed by atoms with Gasteiger partial charge in [0.15, 0.2) is 0 Å². The molecular formula is C14H15N5O3S. The van der Waals surface area contributed by atoms with Gasteiger partial charge in [-0.15, -0.1) is 0 Å². The molecule has 1 saturated heterocycles. The molecule has 1 fully saturated rings.